The lowest BCUT2D eigenvalue weighted by Gasteiger charge is -2.18. The van der Waals surface area contributed by atoms with Crippen LogP contribution in [0.25, 0.3) is 10.9 Å². The van der Waals surface area contributed by atoms with E-state index >= 15 is 0 Å². The van der Waals surface area contributed by atoms with Gasteiger partial charge >= 0.3 is 0 Å². The number of fused-ring (bicyclic) bond motifs is 1. The van der Waals surface area contributed by atoms with Crippen molar-refractivity contribution in [2.75, 3.05) is 6.54 Å². The molecule has 2 aromatic heterocycles. The minimum Gasteiger partial charge on any atom is -0.306 e. The van der Waals surface area contributed by atoms with Gasteiger partial charge in [0.25, 0.3) is 0 Å². The lowest BCUT2D eigenvalue weighted by molar-refractivity contribution is 0.635. The quantitative estimate of drug-likeness (QED) is 0.736. The van der Waals surface area contributed by atoms with E-state index in [-0.39, 0.29) is 6.04 Å². The number of aromatic nitrogens is 1. The Morgan fingerprint density at radius 3 is 2.90 bits per heavy atom. The number of hydrogen-bond acceptors (Lipinski definition) is 3. The maximum Gasteiger partial charge on any atom is 0.0753 e. The van der Waals surface area contributed by atoms with Crippen molar-refractivity contribution >= 4 is 38.2 Å². The number of benzene rings is 1. The van der Waals surface area contributed by atoms with Gasteiger partial charge in [-0.2, -0.15) is 0 Å². The molecule has 0 saturated heterocycles. The second-order valence-corrected chi connectivity index (χ2v) is 6.89. The van der Waals surface area contributed by atoms with E-state index in [0.717, 1.165) is 15.8 Å². The van der Waals surface area contributed by atoms with Gasteiger partial charge in [0.2, 0.25) is 0 Å². The largest absolute Gasteiger partial charge is 0.306 e. The summed E-state index contributed by atoms with van der Waals surface area (Å²) in [4.78, 5) is 4.57. The van der Waals surface area contributed by atoms with Crippen LogP contribution in [0.3, 0.4) is 0 Å². The fraction of sp³-hybridized carbons (Fsp3) is 0.188. The van der Waals surface area contributed by atoms with E-state index in [0.29, 0.717) is 0 Å². The van der Waals surface area contributed by atoms with Crippen LogP contribution in [0.15, 0.2) is 51.8 Å². The molecule has 3 rings (SSSR count). The summed E-state index contributed by atoms with van der Waals surface area (Å²) in [7, 11) is 0. The Morgan fingerprint density at radius 2 is 2.15 bits per heavy atom. The van der Waals surface area contributed by atoms with Crippen LogP contribution in [0.2, 0.25) is 0 Å². The molecule has 4 heteroatoms. The molecule has 20 heavy (non-hydrogen) atoms. The van der Waals surface area contributed by atoms with E-state index < -0.39 is 0 Å². The van der Waals surface area contributed by atoms with E-state index in [2.05, 4.69) is 68.9 Å². The average molecular weight is 347 g/mol. The molecule has 102 valence electrons. The highest BCUT2D eigenvalue weighted by Crippen LogP contribution is 2.32. The third kappa shape index (κ3) is 2.64. The van der Waals surface area contributed by atoms with Crippen LogP contribution < -0.4 is 5.32 Å². The summed E-state index contributed by atoms with van der Waals surface area (Å²) in [5, 5.41) is 6.94. The van der Waals surface area contributed by atoms with Gasteiger partial charge in [0.1, 0.15) is 0 Å². The third-order valence-electron chi connectivity index (χ3n) is 3.30. The summed E-state index contributed by atoms with van der Waals surface area (Å²) < 4.78 is 1.16. The molecule has 1 aromatic carbocycles. The predicted molar refractivity (Wildman–Crippen MR) is 89.3 cm³/mol. The van der Waals surface area contributed by atoms with Crippen molar-refractivity contribution in [3.05, 3.63) is 62.9 Å². The van der Waals surface area contributed by atoms with Gasteiger partial charge in [-0.3, -0.25) is 4.98 Å². The molecule has 0 fully saturated rings. The number of nitrogens with one attached hydrogen (secondary N) is 1. The lowest BCUT2D eigenvalue weighted by atomic mass is 9.98. The minimum absolute atomic E-state index is 0.182. The number of para-hydroxylation sites is 1. The summed E-state index contributed by atoms with van der Waals surface area (Å²) >= 11 is 5.26. The standard InChI is InChI=1S/C16H15BrN2S/c1-2-18-16(12-9-14(17)20-10-12)13-7-3-5-11-6-4-8-19-15(11)13/h3-10,16,18H,2H2,1H3. The smallest absolute Gasteiger partial charge is 0.0753 e. The van der Waals surface area contributed by atoms with E-state index in [9.17, 15) is 0 Å². The summed E-state index contributed by atoms with van der Waals surface area (Å²) in [5.41, 5.74) is 3.58. The molecule has 0 bridgehead atoms. The van der Waals surface area contributed by atoms with Crippen molar-refractivity contribution in [3.8, 4) is 0 Å². The molecule has 0 aliphatic carbocycles. The molecule has 3 aromatic rings. The molecule has 2 nitrogen and oxygen atoms in total. The molecule has 1 N–H and O–H groups in total. The predicted octanol–water partition coefficient (Wildman–Crippen LogP) is 4.76. The first-order valence-electron chi connectivity index (χ1n) is 6.60. The Hall–Kier alpha value is -1.23. The van der Waals surface area contributed by atoms with E-state index in [1.54, 1.807) is 11.3 Å². The van der Waals surface area contributed by atoms with Gasteiger partial charge in [0, 0.05) is 11.6 Å². The van der Waals surface area contributed by atoms with Gasteiger partial charge in [0.15, 0.2) is 0 Å². The summed E-state index contributed by atoms with van der Waals surface area (Å²) in [6.07, 6.45) is 1.86. The molecule has 0 radical (unpaired) electrons. The van der Waals surface area contributed by atoms with Crippen LogP contribution in [0.5, 0.6) is 0 Å². The van der Waals surface area contributed by atoms with Crippen molar-refractivity contribution in [2.24, 2.45) is 0 Å². The molecule has 0 saturated carbocycles. The van der Waals surface area contributed by atoms with Gasteiger partial charge in [0.05, 0.1) is 15.3 Å². The zero-order valence-electron chi connectivity index (χ0n) is 11.1. The Labute approximate surface area is 131 Å². The van der Waals surface area contributed by atoms with Crippen molar-refractivity contribution in [2.45, 2.75) is 13.0 Å². The van der Waals surface area contributed by atoms with Crippen LogP contribution in [0, 0.1) is 0 Å². The van der Waals surface area contributed by atoms with Gasteiger partial charge in [-0.05, 0) is 51.1 Å². The molecule has 0 amide bonds. The molecule has 2 heterocycles. The zero-order chi connectivity index (χ0) is 13.9. The number of thiophene rings is 1. The highest BCUT2D eigenvalue weighted by atomic mass is 79.9. The summed E-state index contributed by atoms with van der Waals surface area (Å²) in [5.74, 6) is 0. The van der Waals surface area contributed by atoms with Crippen LogP contribution in [-0.2, 0) is 0 Å². The number of pyridine rings is 1. The zero-order valence-corrected chi connectivity index (χ0v) is 13.5. The van der Waals surface area contributed by atoms with Gasteiger partial charge in [-0.15, -0.1) is 11.3 Å². The topological polar surface area (TPSA) is 24.9 Å². The number of rotatable bonds is 4. The second-order valence-electron chi connectivity index (χ2n) is 4.60. The normalized spacial score (nSPS) is 12.7. The van der Waals surface area contributed by atoms with Crippen molar-refractivity contribution in [1.29, 1.82) is 0 Å². The Kier molecular flexibility index (Phi) is 4.15. The van der Waals surface area contributed by atoms with Crippen molar-refractivity contribution in [3.63, 3.8) is 0 Å². The third-order valence-corrected chi connectivity index (χ3v) is 4.83. The van der Waals surface area contributed by atoms with Crippen LogP contribution in [-0.4, -0.2) is 11.5 Å². The number of hydrogen-bond donors (Lipinski definition) is 1. The molecular formula is C16H15BrN2S. The average Bonchev–Trinajstić information content (AvgIpc) is 2.91. The maximum absolute atomic E-state index is 4.57. The summed E-state index contributed by atoms with van der Waals surface area (Å²) in [6, 6.07) is 12.8. The number of halogens is 1. The van der Waals surface area contributed by atoms with E-state index in [4.69, 9.17) is 0 Å². The van der Waals surface area contributed by atoms with E-state index in [1.807, 2.05) is 12.3 Å². The van der Waals surface area contributed by atoms with Gasteiger partial charge in [-0.1, -0.05) is 31.2 Å². The Morgan fingerprint density at radius 1 is 1.30 bits per heavy atom. The SMILES string of the molecule is CCNC(c1csc(Br)c1)c1cccc2cccnc12. The highest BCUT2D eigenvalue weighted by molar-refractivity contribution is 9.11. The Bertz CT molecular complexity index is 718. The summed E-state index contributed by atoms with van der Waals surface area (Å²) in [6.45, 7) is 3.05. The molecule has 0 spiro atoms. The first kappa shape index (κ1) is 13.7. The lowest BCUT2D eigenvalue weighted by Crippen LogP contribution is -2.21. The molecular weight excluding hydrogens is 332 g/mol. The molecule has 0 aliphatic rings. The number of nitrogens with zero attached hydrogens (tertiary/aromatic N) is 1. The first-order chi connectivity index (χ1) is 9.79. The minimum atomic E-state index is 0.182. The van der Waals surface area contributed by atoms with E-state index in [1.165, 1.54) is 16.5 Å². The van der Waals surface area contributed by atoms with Gasteiger partial charge < -0.3 is 5.32 Å². The highest BCUT2D eigenvalue weighted by Gasteiger charge is 2.17. The van der Waals surface area contributed by atoms with Crippen molar-refractivity contribution in [1.82, 2.24) is 10.3 Å². The van der Waals surface area contributed by atoms with Crippen LogP contribution in [0.4, 0.5) is 0 Å². The van der Waals surface area contributed by atoms with Crippen LogP contribution in [0.1, 0.15) is 24.1 Å². The fourth-order valence-corrected chi connectivity index (χ4v) is 3.65. The molecule has 1 unspecified atom stereocenters. The second kappa shape index (κ2) is 6.04. The fourth-order valence-electron chi connectivity index (χ4n) is 2.45. The van der Waals surface area contributed by atoms with Gasteiger partial charge in [-0.25, -0.2) is 0 Å². The Balaban J connectivity index is 2.14. The monoisotopic (exact) mass is 346 g/mol. The molecule has 0 aliphatic heterocycles. The van der Waals surface area contributed by atoms with Crippen molar-refractivity contribution < 1.29 is 0 Å². The first-order valence-corrected chi connectivity index (χ1v) is 8.28. The maximum atomic E-state index is 4.57. The molecule has 1 atom stereocenters. The van der Waals surface area contributed by atoms with Crippen LogP contribution >= 0.6 is 27.3 Å².